The molecule has 0 amide bonds. The average Bonchev–Trinajstić information content (AvgIpc) is 2.40. The molecule has 4 heteroatoms. The van der Waals surface area contributed by atoms with Crippen LogP contribution in [0.3, 0.4) is 0 Å². The molecule has 0 fully saturated rings. The van der Waals surface area contributed by atoms with Crippen molar-refractivity contribution in [2.75, 3.05) is 12.4 Å². The molecule has 0 aliphatic carbocycles. The molecule has 0 aliphatic rings. The highest BCUT2D eigenvalue weighted by Gasteiger charge is 2.01. The van der Waals surface area contributed by atoms with Crippen LogP contribution in [0.15, 0.2) is 30.5 Å². The molecule has 0 spiro atoms. The Labute approximate surface area is 107 Å². The number of aryl methyl sites for hydroxylation is 2. The van der Waals surface area contributed by atoms with Gasteiger partial charge in [-0.3, -0.25) is 4.98 Å². The number of benzene rings is 1. The van der Waals surface area contributed by atoms with Crippen LogP contribution in [0.25, 0.3) is 0 Å². The second kappa shape index (κ2) is 5.49. The van der Waals surface area contributed by atoms with E-state index in [2.05, 4.69) is 15.3 Å². The Balaban J connectivity index is 2.04. The molecular weight excluding hydrogens is 226 g/mol. The van der Waals surface area contributed by atoms with Crippen LogP contribution in [-0.2, 0) is 6.54 Å². The van der Waals surface area contributed by atoms with E-state index in [1.165, 1.54) is 5.56 Å². The number of rotatable bonds is 4. The molecule has 18 heavy (non-hydrogen) atoms. The molecule has 1 heterocycles. The Hall–Kier alpha value is -2.10. The predicted octanol–water partition coefficient (Wildman–Crippen LogP) is 2.71. The minimum absolute atomic E-state index is 0.725. The number of methoxy groups -OCH3 is 1. The molecule has 2 aromatic rings. The number of hydrogen-bond acceptors (Lipinski definition) is 4. The van der Waals surface area contributed by atoms with E-state index in [0.717, 1.165) is 29.5 Å². The molecule has 0 bridgehead atoms. The van der Waals surface area contributed by atoms with E-state index in [9.17, 15) is 0 Å². The first kappa shape index (κ1) is 12.4. The van der Waals surface area contributed by atoms with Crippen LogP contribution in [-0.4, -0.2) is 17.1 Å². The van der Waals surface area contributed by atoms with Gasteiger partial charge in [-0.1, -0.05) is 12.1 Å². The number of anilines is 1. The number of aromatic nitrogens is 2. The van der Waals surface area contributed by atoms with Crippen LogP contribution in [0.1, 0.15) is 17.0 Å². The second-order valence-corrected chi connectivity index (χ2v) is 4.15. The van der Waals surface area contributed by atoms with E-state index >= 15 is 0 Å². The van der Waals surface area contributed by atoms with Crippen molar-refractivity contribution >= 4 is 5.82 Å². The summed E-state index contributed by atoms with van der Waals surface area (Å²) in [6.07, 6.45) is 1.77. The molecular formula is C14H17N3O. The summed E-state index contributed by atoms with van der Waals surface area (Å²) in [5, 5.41) is 3.29. The van der Waals surface area contributed by atoms with Gasteiger partial charge in [-0.25, -0.2) is 4.98 Å². The monoisotopic (exact) mass is 243 g/mol. The maximum Gasteiger partial charge on any atom is 0.148 e. The molecule has 4 nitrogen and oxygen atoms in total. The van der Waals surface area contributed by atoms with Crippen LogP contribution < -0.4 is 10.1 Å². The zero-order valence-electron chi connectivity index (χ0n) is 10.9. The van der Waals surface area contributed by atoms with Crippen molar-refractivity contribution < 1.29 is 4.74 Å². The highest BCUT2D eigenvalue weighted by Crippen LogP contribution is 2.14. The molecule has 94 valence electrons. The van der Waals surface area contributed by atoms with Crippen LogP contribution in [0, 0.1) is 13.8 Å². The molecule has 1 aromatic carbocycles. The Morgan fingerprint density at radius 1 is 1.17 bits per heavy atom. The number of nitrogens with zero attached hydrogens (tertiary/aromatic N) is 2. The lowest BCUT2D eigenvalue weighted by Crippen LogP contribution is -2.05. The highest BCUT2D eigenvalue weighted by molar-refractivity contribution is 5.40. The zero-order valence-corrected chi connectivity index (χ0v) is 10.9. The van der Waals surface area contributed by atoms with E-state index in [1.54, 1.807) is 13.3 Å². The standard InChI is InChI=1S/C14H17N3O/c1-10-8-15-11(2)14(17-10)16-9-12-4-6-13(18-3)7-5-12/h4-8H,9H2,1-3H3,(H,16,17). The smallest absolute Gasteiger partial charge is 0.148 e. The second-order valence-electron chi connectivity index (χ2n) is 4.15. The fraction of sp³-hybridized carbons (Fsp3) is 0.286. The molecule has 0 unspecified atom stereocenters. The summed E-state index contributed by atoms with van der Waals surface area (Å²) in [5.74, 6) is 1.70. The third-order valence-electron chi connectivity index (χ3n) is 2.69. The molecule has 1 aromatic heterocycles. The summed E-state index contributed by atoms with van der Waals surface area (Å²) in [6, 6.07) is 7.96. The number of hydrogen-bond donors (Lipinski definition) is 1. The minimum atomic E-state index is 0.725. The van der Waals surface area contributed by atoms with Gasteiger partial charge in [0, 0.05) is 12.7 Å². The quantitative estimate of drug-likeness (QED) is 0.897. The Morgan fingerprint density at radius 2 is 1.89 bits per heavy atom. The summed E-state index contributed by atoms with van der Waals surface area (Å²) in [6.45, 7) is 4.61. The highest BCUT2D eigenvalue weighted by atomic mass is 16.5. The van der Waals surface area contributed by atoms with E-state index < -0.39 is 0 Å². The Morgan fingerprint density at radius 3 is 2.56 bits per heavy atom. The van der Waals surface area contributed by atoms with Gasteiger partial charge in [0.1, 0.15) is 11.6 Å². The summed E-state index contributed by atoms with van der Waals surface area (Å²) in [5.41, 5.74) is 3.01. The van der Waals surface area contributed by atoms with Gasteiger partial charge in [-0.15, -0.1) is 0 Å². The molecule has 0 atom stereocenters. The first-order valence-corrected chi connectivity index (χ1v) is 5.86. The van der Waals surface area contributed by atoms with Crippen molar-refractivity contribution in [3.8, 4) is 5.75 Å². The average molecular weight is 243 g/mol. The van der Waals surface area contributed by atoms with Crippen molar-refractivity contribution in [1.29, 1.82) is 0 Å². The molecule has 0 aliphatic heterocycles. The maximum absolute atomic E-state index is 5.12. The first-order chi connectivity index (χ1) is 8.69. The summed E-state index contributed by atoms with van der Waals surface area (Å²) in [4.78, 5) is 8.70. The summed E-state index contributed by atoms with van der Waals surface area (Å²) in [7, 11) is 1.67. The Bertz CT molecular complexity index is 523. The van der Waals surface area contributed by atoms with Crippen LogP contribution in [0.5, 0.6) is 5.75 Å². The summed E-state index contributed by atoms with van der Waals surface area (Å²) < 4.78 is 5.12. The van der Waals surface area contributed by atoms with E-state index in [0.29, 0.717) is 0 Å². The van der Waals surface area contributed by atoms with Gasteiger partial charge in [-0.2, -0.15) is 0 Å². The van der Waals surface area contributed by atoms with Crippen molar-refractivity contribution in [2.24, 2.45) is 0 Å². The molecule has 0 saturated carbocycles. The third kappa shape index (κ3) is 2.97. The fourth-order valence-electron chi connectivity index (χ4n) is 1.63. The molecule has 1 N–H and O–H groups in total. The van der Waals surface area contributed by atoms with Crippen molar-refractivity contribution in [1.82, 2.24) is 9.97 Å². The minimum Gasteiger partial charge on any atom is -0.497 e. The molecule has 0 radical (unpaired) electrons. The maximum atomic E-state index is 5.12. The Kier molecular flexibility index (Phi) is 3.77. The topological polar surface area (TPSA) is 47.0 Å². The van der Waals surface area contributed by atoms with Crippen molar-refractivity contribution in [2.45, 2.75) is 20.4 Å². The largest absolute Gasteiger partial charge is 0.497 e. The van der Waals surface area contributed by atoms with Gasteiger partial charge in [0.2, 0.25) is 0 Å². The predicted molar refractivity (Wildman–Crippen MR) is 71.8 cm³/mol. The summed E-state index contributed by atoms with van der Waals surface area (Å²) >= 11 is 0. The van der Waals surface area contributed by atoms with E-state index in [-0.39, 0.29) is 0 Å². The number of ether oxygens (including phenoxy) is 1. The lowest BCUT2D eigenvalue weighted by atomic mass is 10.2. The van der Waals surface area contributed by atoms with Gasteiger partial charge in [0.25, 0.3) is 0 Å². The van der Waals surface area contributed by atoms with Crippen molar-refractivity contribution in [3.05, 3.63) is 47.4 Å². The SMILES string of the molecule is COc1ccc(CNc2nc(C)cnc2C)cc1. The van der Waals surface area contributed by atoms with Crippen LogP contribution >= 0.6 is 0 Å². The molecule has 2 rings (SSSR count). The van der Waals surface area contributed by atoms with E-state index in [4.69, 9.17) is 4.74 Å². The van der Waals surface area contributed by atoms with Crippen molar-refractivity contribution in [3.63, 3.8) is 0 Å². The number of nitrogens with one attached hydrogen (secondary N) is 1. The van der Waals surface area contributed by atoms with Gasteiger partial charge >= 0.3 is 0 Å². The van der Waals surface area contributed by atoms with Gasteiger partial charge in [0.05, 0.1) is 18.5 Å². The lowest BCUT2D eigenvalue weighted by Gasteiger charge is -2.09. The van der Waals surface area contributed by atoms with Crippen LogP contribution in [0.4, 0.5) is 5.82 Å². The lowest BCUT2D eigenvalue weighted by molar-refractivity contribution is 0.414. The normalized spacial score (nSPS) is 10.2. The third-order valence-corrected chi connectivity index (χ3v) is 2.69. The molecule has 0 saturated heterocycles. The van der Waals surface area contributed by atoms with Crippen LogP contribution in [0.2, 0.25) is 0 Å². The zero-order chi connectivity index (χ0) is 13.0. The van der Waals surface area contributed by atoms with Gasteiger partial charge in [-0.05, 0) is 31.5 Å². The fourth-order valence-corrected chi connectivity index (χ4v) is 1.63. The van der Waals surface area contributed by atoms with Gasteiger partial charge in [0.15, 0.2) is 0 Å². The van der Waals surface area contributed by atoms with E-state index in [1.807, 2.05) is 38.1 Å². The van der Waals surface area contributed by atoms with Gasteiger partial charge < -0.3 is 10.1 Å². The first-order valence-electron chi connectivity index (χ1n) is 5.86.